The van der Waals surface area contributed by atoms with Crippen LogP contribution in [0.25, 0.3) is 0 Å². The number of carbonyl (C=O) groups excluding carboxylic acids is 1. The van der Waals surface area contributed by atoms with Crippen molar-refractivity contribution in [1.82, 2.24) is 10.3 Å². The Hall–Kier alpha value is -2.75. The first-order valence-electron chi connectivity index (χ1n) is 7.30. The Labute approximate surface area is 142 Å². The molecule has 1 amide bonds. The molecule has 2 heterocycles. The molecule has 1 aliphatic rings. The zero-order valence-corrected chi connectivity index (χ0v) is 13.7. The van der Waals surface area contributed by atoms with Crippen LogP contribution in [0.1, 0.15) is 0 Å². The maximum absolute atomic E-state index is 13.2. The normalized spacial score (nSPS) is 15.0. The molecule has 0 atom stereocenters. The quantitative estimate of drug-likeness (QED) is 0.843. The van der Waals surface area contributed by atoms with E-state index in [0.29, 0.717) is 25.0 Å². The van der Waals surface area contributed by atoms with E-state index in [1.165, 1.54) is 12.1 Å². The third-order valence-corrected chi connectivity index (χ3v) is 4.87. The van der Waals surface area contributed by atoms with Crippen molar-refractivity contribution in [3.63, 3.8) is 0 Å². The maximum atomic E-state index is 13.2. The van der Waals surface area contributed by atoms with Crippen molar-refractivity contribution in [3.8, 4) is 0 Å². The number of anilines is 2. The summed E-state index contributed by atoms with van der Waals surface area (Å²) in [5, 5.41) is 2.68. The molecule has 3 rings (SSSR count). The van der Waals surface area contributed by atoms with Crippen LogP contribution in [0.4, 0.5) is 20.3 Å². The van der Waals surface area contributed by atoms with Gasteiger partial charge in [-0.25, -0.2) is 22.2 Å². The second-order valence-electron chi connectivity index (χ2n) is 5.39. The smallest absolute Gasteiger partial charge is 0.263 e. The lowest BCUT2D eigenvalue weighted by Gasteiger charge is -2.27. The molecule has 0 spiro atoms. The molecule has 2 N–H and O–H groups in total. The molecule has 132 valence electrons. The SMILES string of the molecule is O=C1CN(c2ccc(S(=O)(=O)Nc3cc(F)cc(F)c3)cn2)CCN1. The van der Waals surface area contributed by atoms with Crippen LogP contribution in [0.3, 0.4) is 0 Å². The molecule has 1 aromatic carbocycles. The lowest BCUT2D eigenvalue weighted by atomic mass is 10.3. The lowest BCUT2D eigenvalue weighted by Crippen LogP contribution is -2.48. The second-order valence-corrected chi connectivity index (χ2v) is 7.07. The van der Waals surface area contributed by atoms with E-state index in [0.717, 1.165) is 18.3 Å². The first-order valence-corrected chi connectivity index (χ1v) is 8.78. The number of piperazine rings is 1. The van der Waals surface area contributed by atoms with E-state index >= 15 is 0 Å². The molecular weight excluding hydrogens is 354 g/mol. The number of aromatic nitrogens is 1. The summed E-state index contributed by atoms with van der Waals surface area (Å²) in [7, 11) is -4.05. The summed E-state index contributed by atoms with van der Waals surface area (Å²) in [6.45, 7) is 1.18. The van der Waals surface area contributed by atoms with Crippen molar-refractivity contribution in [3.05, 3.63) is 48.2 Å². The third-order valence-electron chi connectivity index (χ3n) is 3.51. The van der Waals surface area contributed by atoms with Gasteiger partial charge in [0.1, 0.15) is 22.3 Å². The first kappa shape index (κ1) is 17.1. The van der Waals surface area contributed by atoms with Crippen LogP contribution < -0.4 is 14.9 Å². The Kier molecular flexibility index (Phi) is 4.53. The molecule has 1 fully saturated rings. The molecule has 1 aliphatic heterocycles. The van der Waals surface area contributed by atoms with Crippen LogP contribution in [0.15, 0.2) is 41.4 Å². The van der Waals surface area contributed by atoms with Crippen LogP contribution in [-0.4, -0.2) is 38.9 Å². The average molecular weight is 368 g/mol. The van der Waals surface area contributed by atoms with E-state index in [1.54, 1.807) is 4.90 Å². The Balaban J connectivity index is 1.79. The fourth-order valence-corrected chi connectivity index (χ4v) is 3.36. The van der Waals surface area contributed by atoms with Gasteiger partial charge in [0, 0.05) is 25.4 Å². The minimum absolute atomic E-state index is 0.139. The van der Waals surface area contributed by atoms with Crippen LogP contribution in [0.5, 0.6) is 0 Å². The Morgan fingerprint density at radius 3 is 2.48 bits per heavy atom. The van der Waals surface area contributed by atoms with Gasteiger partial charge in [-0.05, 0) is 24.3 Å². The number of carbonyl (C=O) groups is 1. The van der Waals surface area contributed by atoms with E-state index in [4.69, 9.17) is 0 Å². The molecule has 25 heavy (non-hydrogen) atoms. The summed E-state index contributed by atoms with van der Waals surface area (Å²) in [6.07, 6.45) is 1.12. The lowest BCUT2D eigenvalue weighted by molar-refractivity contribution is -0.120. The van der Waals surface area contributed by atoms with Gasteiger partial charge in [0.15, 0.2) is 0 Å². The molecule has 0 saturated carbocycles. The fraction of sp³-hybridized carbons (Fsp3) is 0.200. The van der Waals surface area contributed by atoms with Gasteiger partial charge in [0.2, 0.25) is 5.91 Å². The Morgan fingerprint density at radius 1 is 1.16 bits per heavy atom. The molecule has 1 saturated heterocycles. The number of rotatable bonds is 4. The number of benzene rings is 1. The molecule has 0 aliphatic carbocycles. The topological polar surface area (TPSA) is 91.4 Å². The highest BCUT2D eigenvalue weighted by Gasteiger charge is 2.20. The highest BCUT2D eigenvalue weighted by Crippen LogP contribution is 2.20. The average Bonchev–Trinajstić information content (AvgIpc) is 2.53. The molecule has 2 aromatic rings. The molecule has 1 aromatic heterocycles. The van der Waals surface area contributed by atoms with Crippen LogP contribution in [-0.2, 0) is 14.8 Å². The van der Waals surface area contributed by atoms with Gasteiger partial charge in [0.05, 0.1) is 12.2 Å². The van der Waals surface area contributed by atoms with E-state index in [1.807, 2.05) is 0 Å². The number of nitrogens with one attached hydrogen (secondary N) is 2. The number of halogens is 2. The summed E-state index contributed by atoms with van der Waals surface area (Å²) in [4.78, 5) is 17.0. The standard InChI is InChI=1S/C15H14F2N4O3S/c16-10-5-11(17)7-12(6-10)20-25(23,24)13-1-2-14(19-8-13)21-4-3-18-15(22)9-21/h1-2,5-8,20H,3-4,9H2,(H,18,22). The van der Waals surface area contributed by atoms with Gasteiger partial charge >= 0.3 is 0 Å². The van der Waals surface area contributed by atoms with E-state index in [-0.39, 0.29) is 23.0 Å². The van der Waals surface area contributed by atoms with Crippen LogP contribution in [0, 0.1) is 11.6 Å². The van der Waals surface area contributed by atoms with E-state index in [2.05, 4.69) is 15.0 Å². The predicted octanol–water partition coefficient (Wildman–Crippen LogP) is 1.10. The molecule has 0 radical (unpaired) electrons. The Bertz CT molecular complexity index is 883. The predicted molar refractivity (Wildman–Crippen MR) is 86.6 cm³/mol. The Morgan fingerprint density at radius 2 is 1.88 bits per heavy atom. The first-order chi connectivity index (χ1) is 11.8. The van der Waals surface area contributed by atoms with Crippen molar-refractivity contribution in [2.45, 2.75) is 4.90 Å². The summed E-state index contributed by atoms with van der Waals surface area (Å²) < 4.78 is 53.0. The number of hydrogen-bond donors (Lipinski definition) is 2. The van der Waals surface area contributed by atoms with Crippen molar-refractivity contribution >= 4 is 27.4 Å². The zero-order valence-electron chi connectivity index (χ0n) is 12.9. The summed E-state index contributed by atoms with van der Waals surface area (Å²) in [5.41, 5.74) is -0.228. The molecular formula is C15H14F2N4O3S. The van der Waals surface area contributed by atoms with Gasteiger partial charge in [-0.2, -0.15) is 0 Å². The number of amides is 1. The summed E-state index contributed by atoms with van der Waals surface area (Å²) >= 11 is 0. The van der Waals surface area contributed by atoms with Crippen LogP contribution >= 0.6 is 0 Å². The number of nitrogens with zero attached hydrogens (tertiary/aromatic N) is 2. The van der Waals surface area contributed by atoms with Gasteiger partial charge in [-0.1, -0.05) is 0 Å². The third kappa shape index (κ3) is 4.02. The number of pyridine rings is 1. The van der Waals surface area contributed by atoms with Crippen molar-refractivity contribution in [1.29, 1.82) is 0 Å². The molecule has 10 heteroatoms. The highest BCUT2D eigenvalue weighted by molar-refractivity contribution is 7.92. The van der Waals surface area contributed by atoms with Crippen molar-refractivity contribution in [2.24, 2.45) is 0 Å². The number of hydrogen-bond acceptors (Lipinski definition) is 5. The monoisotopic (exact) mass is 368 g/mol. The summed E-state index contributed by atoms with van der Waals surface area (Å²) in [6, 6.07) is 5.17. The van der Waals surface area contributed by atoms with Crippen molar-refractivity contribution < 1.29 is 22.0 Å². The molecule has 0 unspecified atom stereocenters. The largest absolute Gasteiger partial charge is 0.353 e. The van der Waals surface area contributed by atoms with Gasteiger partial charge in [-0.3, -0.25) is 9.52 Å². The zero-order chi connectivity index (χ0) is 18.0. The van der Waals surface area contributed by atoms with Gasteiger partial charge in [-0.15, -0.1) is 0 Å². The van der Waals surface area contributed by atoms with E-state index < -0.39 is 21.7 Å². The number of sulfonamides is 1. The molecule has 0 bridgehead atoms. The summed E-state index contributed by atoms with van der Waals surface area (Å²) in [5.74, 6) is -1.46. The second kappa shape index (κ2) is 6.63. The highest BCUT2D eigenvalue weighted by atomic mass is 32.2. The van der Waals surface area contributed by atoms with Gasteiger partial charge < -0.3 is 10.2 Å². The van der Waals surface area contributed by atoms with Crippen LogP contribution in [0.2, 0.25) is 0 Å². The van der Waals surface area contributed by atoms with Gasteiger partial charge in [0.25, 0.3) is 10.0 Å². The fourth-order valence-electron chi connectivity index (χ4n) is 2.38. The minimum atomic E-state index is -4.05. The molecule has 7 nitrogen and oxygen atoms in total. The maximum Gasteiger partial charge on any atom is 0.263 e. The minimum Gasteiger partial charge on any atom is -0.353 e. The van der Waals surface area contributed by atoms with E-state index in [9.17, 15) is 22.0 Å². The van der Waals surface area contributed by atoms with Crippen molar-refractivity contribution in [2.75, 3.05) is 29.3 Å².